The second-order valence-electron chi connectivity index (χ2n) is 25.0. The highest BCUT2D eigenvalue weighted by molar-refractivity contribution is 5.76. The standard InChI is InChI=1S/C75H143NO3/c1-3-5-7-9-11-13-15-17-19-21-23-25-27-29-31-33-35-36-37-38-39-40-41-43-45-47-49-51-53-55-57-59-61-63-65-67-69-71-75(79)76-73(72-77)74(78)70-68-66-64-62-60-58-56-54-52-50-48-46-44-42-34-32-30-28-26-24-22-20-18-16-14-12-10-8-6-4-2/h15,17,21,23,27,29,68,70,73-74,77-78H,3-14,16,18-20,22,24-26,28,30-67,69,71-72H2,1-2H3,(H,76,79)/b17-15-,23-21-,29-27-,70-68+. The molecular formula is C75H143NO3. The lowest BCUT2D eigenvalue weighted by molar-refractivity contribution is -0.123. The molecule has 0 aliphatic rings. The van der Waals surface area contributed by atoms with Crippen LogP contribution in [0.2, 0.25) is 0 Å². The first-order chi connectivity index (χ1) is 39.2. The zero-order valence-electron chi connectivity index (χ0n) is 53.9. The number of allylic oxidation sites excluding steroid dienone is 7. The third-order valence-corrected chi connectivity index (χ3v) is 17.1. The number of hydrogen-bond donors (Lipinski definition) is 3. The topological polar surface area (TPSA) is 69.6 Å². The van der Waals surface area contributed by atoms with Gasteiger partial charge in [-0.15, -0.1) is 0 Å². The van der Waals surface area contributed by atoms with Crippen LogP contribution in [0, 0.1) is 0 Å². The lowest BCUT2D eigenvalue weighted by atomic mass is 10.0. The van der Waals surface area contributed by atoms with E-state index in [-0.39, 0.29) is 12.5 Å². The van der Waals surface area contributed by atoms with Crippen LogP contribution in [0.4, 0.5) is 0 Å². The van der Waals surface area contributed by atoms with E-state index in [9.17, 15) is 15.0 Å². The molecule has 0 spiro atoms. The molecule has 0 aromatic rings. The van der Waals surface area contributed by atoms with Gasteiger partial charge >= 0.3 is 0 Å². The quantitative estimate of drug-likeness (QED) is 0.0420. The van der Waals surface area contributed by atoms with Crippen molar-refractivity contribution in [2.45, 2.75) is 418 Å². The van der Waals surface area contributed by atoms with E-state index in [0.29, 0.717) is 6.42 Å². The van der Waals surface area contributed by atoms with Crippen molar-refractivity contribution in [1.29, 1.82) is 0 Å². The lowest BCUT2D eigenvalue weighted by Gasteiger charge is -2.20. The van der Waals surface area contributed by atoms with E-state index < -0.39 is 12.1 Å². The number of aliphatic hydroxyl groups excluding tert-OH is 2. The van der Waals surface area contributed by atoms with Crippen molar-refractivity contribution in [2.24, 2.45) is 0 Å². The smallest absolute Gasteiger partial charge is 0.220 e. The van der Waals surface area contributed by atoms with Gasteiger partial charge in [0, 0.05) is 6.42 Å². The summed E-state index contributed by atoms with van der Waals surface area (Å²) in [6.45, 7) is 4.34. The highest BCUT2D eigenvalue weighted by atomic mass is 16.3. The predicted molar refractivity (Wildman–Crippen MR) is 355 cm³/mol. The number of rotatable bonds is 68. The number of unbranched alkanes of at least 4 members (excludes halogenated alkanes) is 55. The van der Waals surface area contributed by atoms with Crippen LogP contribution in [0.15, 0.2) is 48.6 Å². The third-order valence-electron chi connectivity index (χ3n) is 17.1. The summed E-state index contributed by atoms with van der Waals surface area (Å²) in [7, 11) is 0. The lowest BCUT2D eigenvalue weighted by Crippen LogP contribution is -2.45. The number of nitrogens with one attached hydrogen (secondary N) is 1. The summed E-state index contributed by atoms with van der Waals surface area (Å²) in [6, 6.07) is -0.623. The molecule has 4 heteroatoms. The van der Waals surface area contributed by atoms with Crippen molar-refractivity contribution >= 4 is 5.91 Å². The summed E-state index contributed by atoms with van der Waals surface area (Å²) in [6.07, 6.45) is 99.3. The number of hydrogen-bond acceptors (Lipinski definition) is 3. The van der Waals surface area contributed by atoms with Gasteiger partial charge in [0.2, 0.25) is 5.91 Å². The molecule has 0 aliphatic carbocycles. The highest BCUT2D eigenvalue weighted by Gasteiger charge is 2.18. The zero-order valence-corrected chi connectivity index (χ0v) is 53.9. The van der Waals surface area contributed by atoms with Gasteiger partial charge in [0.25, 0.3) is 0 Å². The summed E-state index contributed by atoms with van der Waals surface area (Å²) in [4.78, 5) is 12.6. The van der Waals surface area contributed by atoms with E-state index >= 15 is 0 Å². The van der Waals surface area contributed by atoms with Gasteiger partial charge in [-0.05, 0) is 57.8 Å². The summed E-state index contributed by atoms with van der Waals surface area (Å²) < 4.78 is 0. The average Bonchev–Trinajstić information content (AvgIpc) is 3.45. The van der Waals surface area contributed by atoms with Gasteiger partial charge in [0.15, 0.2) is 0 Å². The molecule has 0 bridgehead atoms. The Hall–Kier alpha value is -1.65. The minimum absolute atomic E-state index is 0.0558. The Morgan fingerprint density at radius 2 is 0.519 bits per heavy atom. The van der Waals surface area contributed by atoms with E-state index in [1.54, 1.807) is 6.08 Å². The monoisotopic (exact) mass is 1110 g/mol. The number of amides is 1. The van der Waals surface area contributed by atoms with Crippen molar-refractivity contribution in [3.05, 3.63) is 48.6 Å². The Balaban J connectivity index is 3.41. The maximum absolute atomic E-state index is 12.6. The van der Waals surface area contributed by atoms with Crippen molar-refractivity contribution in [3.8, 4) is 0 Å². The molecule has 0 radical (unpaired) electrons. The molecule has 2 atom stereocenters. The van der Waals surface area contributed by atoms with Gasteiger partial charge in [0.1, 0.15) is 0 Å². The summed E-state index contributed by atoms with van der Waals surface area (Å²) in [5, 5.41) is 23.3. The molecule has 3 N–H and O–H groups in total. The second-order valence-corrected chi connectivity index (χ2v) is 25.0. The Labute approximate surface area is 496 Å². The van der Waals surface area contributed by atoms with Gasteiger partial charge in [0.05, 0.1) is 18.8 Å². The summed E-state index contributed by atoms with van der Waals surface area (Å²) in [5.74, 6) is -0.0558. The SMILES string of the molecule is CCCCCCC/C=C\C/C=C\C/C=C\CCCCCCCCCCCCCCCCCCCCCCCCC(=O)NC(CO)C(O)/C=C/CCCCCCCCCCCCCCCCCCCCCCCCCCCCCC. The van der Waals surface area contributed by atoms with Gasteiger partial charge in [-0.2, -0.15) is 0 Å². The molecule has 0 aliphatic heterocycles. The van der Waals surface area contributed by atoms with E-state index in [1.807, 2.05) is 6.08 Å². The third kappa shape index (κ3) is 67.0. The molecule has 0 heterocycles. The molecule has 2 unspecified atom stereocenters. The summed E-state index contributed by atoms with van der Waals surface area (Å²) >= 11 is 0. The highest BCUT2D eigenvalue weighted by Crippen LogP contribution is 2.19. The fraction of sp³-hybridized carbons (Fsp3) is 0.880. The molecule has 1 amide bonds. The maximum Gasteiger partial charge on any atom is 0.220 e. The zero-order chi connectivity index (χ0) is 56.9. The van der Waals surface area contributed by atoms with Crippen molar-refractivity contribution < 1.29 is 15.0 Å². The van der Waals surface area contributed by atoms with Gasteiger partial charge in [-0.3, -0.25) is 4.79 Å². The fourth-order valence-corrected chi connectivity index (χ4v) is 11.5. The molecule has 4 nitrogen and oxygen atoms in total. The van der Waals surface area contributed by atoms with E-state index in [1.165, 1.54) is 347 Å². The van der Waals surface area contributed by atoms with E-state index in [0.717, 1.165) is 38.5 Å². The molecule has 0 aromatic heterocycles. The van der Waals surface area contributed by atoms with Crippen LogP contribution >= 0.6 is 0 Å². The van der Waals surface area contributed by atoms with Crippen LogP contribution in [0.1, 0.15) is 406 Å². The van der Waals surface area contributed by atoms with Gasteiger partial charge in [-0.25, -0.2) is 0 Å². The number of carbonyl (C=O) groups excluding carboxylic acids is 1. The molecule has 0 aromatic carbocycles. The van der Waals surface area contributed by atoms with Crippen LogP contribution in [0.5, 0.6) is 0 Å². The molecule has 79 heavy (non-hydrogen) atoms. The molecule has 466 valence electrons. The molecular weight excluding hydrogens is 963 g/mol. The van der Waals surface area contributed by atoms with Crippen molar-refractivity contribution in [2.75, 3.05) is 6.61 Å². The fourth-order valence-electron chi connectivity index (χ4n) is 11.5. The Bertz CT molecular complexity index is 1250. The van der Waals surface area contributed by atoms with Crippen LogP contribution in [-0.4, -0.2) is 34.9 Å². The number of carbonyl (C=O) groups is 1. The molecule has 0 rings (SSSR count). The normalized spacial score (nSPS) is 12.9. The molecule has 0 saturated heterocycles. The Morgan fingerprint density at radius 3 is 0.772 bits per heavy atom. The van der Waals surface area contributed by atoms with Crippen molar-refractivity contribution in [1.82, 2.24) is 5.32 Å². The minimum Gasteiger partial charge on any atom is -0.394 e. The van der Waals surface area contributed by atoms with Crippen LogP contribution in [0.3, 0.4) is 0 Å². The van der Waals surface area contributed by atoms with Crippen LogP contribution < -0.4 is 5.32 Å². The largest absolute Gasteiger partial charge is 0.394 e. The summed E-state index contributed by atoms with van der Waals surface area (Å²) in [5.41, 5.74) is 0. The van der Waals surface area contributed by atoms with Gasteiger partial charge in [-0.1, -0.05) is 390 Å². The molecule has 0 saturated carbocycles. The minimum atomic E-state index is -0.840. The average molecular weight is 1110 g/mol. The Morgan fingerprint density at radius 1 is 0.304 bits per heavy atom. The maximum atomic E-state index is 12.6. The first kappa shape index (κ1) is 77.3. The van der Waals surface area contributed by atoms with Crippen LogP contribution in [0.25, 0.3) is 0 Å². The van der Waals surface area contributed by atoms with Gasteiger partial charge < -0.3 is 15.5 Å². The first-order valence-corrected chi connectivity index (χ1v) is 36.4. The molecule has 0 fully saturated rings. The van der Waals surface area contributed by atoms with E-state index in [2.05, 4.69) is 55.6 Å². The first-order valence-electron chi connectivity index (χ1n) is 36.4. The van der Waals surface area contributed by atoms with Crippen LogP contribution in [-0.2, 0) is 4.79 Å². The predicted octanol–water partition coefficient (Wildman–Crippen LogP) is 24.9. The Kier molecular flexibility index (Phi) is 69.1. The second kappa shape index (κ2) is 70.6. The number of aliphatic hydroxyl groups is 2. The van der Waals surface area contributed by atoms with E-state index in [4.69, 9.17) is 0 Å². The van der Waals surface area contributed by atoms with Crippen molar-refractivity contribution in [3.63, 3.8) is 0 Å².